The average molecular weight is 286 g/mol. The van der Waals surface area contributed by atoms with Crippen molar-refractivity contribution >= 4 is 17.6 Å². The third-order valence-corrected chi connectivity index (χ3v) is 3.08. The quantitative estimate of drug-likeness (QED) is 0.533. The highest BCUT2D eigenvalue weighted by Gasteiger charge is 2.13. The van der Waals surface area contributed by atoms with Gasteiger partial charge in [-0.25, -0.2) is 9.18 Å². The number of ether oxygens (including phenoxy) is 1. The molecule has 0 atom stereocenters. The van der Waals surface area contributed by atoms with Crippen LogP contribution < -0.4 is 0 Å². The van der Waals surface area contributed by atoms with E-state index in [1.54, 1.807) is 37.3 Å². The van der Waals surface area contributed by atoms with Gasteiger partial charge >= 0.3 is 5.97 Å². The summed E-state index contributed by atoms with van der Waals surface area (Å²) >= 11 is 0. The van der Waals surface area contributed by atoms with E-state index in [9.17, 15) is 14.3 Å². The molecule has 0 saturated carbocycles. The van der Waals surface area contributed by atoms with E-state index in [1.165, 1.54) is 25.3 Å². The van der Waals surface area contributed by atoms with E-state index in [-0.39, 0.29) is 11.6 Å². The minimum absolute atomic E-state index is 0.112. The Bertz CT molecular complexity index is 688. The number of hydrogen-bond acceptors (Lipinski definition) is 3. The number of methoxy groups -OCH3 is 1. The molecular formula is C17H15FO3. The van der Waals surface area contributed by atoms with E-state index in [0.717, 1.165) is 0 Å². The number of carbonyl (C=O) groups is 1. The maximum absolute atomic E-state index is 13.3. The summed E-state index contributed by atoms with van der Waals surface area (Å²) in [4.78, 5) is 11.9. The lowest BCUT2D eigenvalue weighted by atomic mass is 10.0. The minimum atomic E-state index is -0.498. The molecule has 0 spiro atoms. The number of aryl methyl sites for hydroxylation is 1. The van der Waals surface area contributed by atoms with E-state index in [2.05, 4.69) is 0 Å². The van der Waals surface area contributed by atoms with Crippen LogP contribution in [0.1, 0.15) is 16.7 Å². The molecule has 0 radical (unpaired) electrons. The highest BCUT2D eigenvalue weighted by Crippen LogP contribution is 2.22. The van der Waals surface area contributed by atoms with Crippen LogP contribution >= 0.6 is 0 Å². The first-order valence-corrected chi connectivity index (χ1v) is 6.37. The van der Waals surface area contributed by atoms with Crippen LogP contribution in [-0.4, -0.2) is 18.2 Å². The molecule has 2 aromatic carbocycles. The molecular weight excluding hydrogens is 271 g/mol. The van der Waals surface area contributed by atoms with Gasteiger partial charge in [0.15, 0.2) is 0 Å². The molecule has 2 rings (SSSR count). The molecule has 0 fully saturated rings. The number of benzene rings is 2. The molecule has 4 heteroatoms. The number of carbonyl (C=O) groups excluding carboxylic acids is 1. The van der Waals surface area contributed by atoms with Gasteiger partial charge in [0, 0.05) is 0 Å². The highest BCUT2D eigenvalue weighted by atomic mass is 19.1. The van der Waals surface area contributed by atoms with Crippen LogP contribution in [0.2, 0.25) is 0 Å². The zero-order chi connectivity index (χ0) is 15.4. The second kappa shape index (κ2) is 6.22. The molecule has 0 saturated heterocycles. The lowest BCUT2D eigenvalue weighted by molar-refractivity contribution is -0.133. The standard InChI is InChI=1S/C17H15FO3/c1-11-9-12(3-8-16(11)18)10-15(17(20)21-2)13-4-6-14(19)7-5-13/h3-10,19H,1-2H3/b15-10-. The fourth-order valence-electron chi connectivity index (χ4n) is 1.94. The number of phenolic OH excluding ortho intramolecular Hbond substituents is 1. The molecule has 0 amide bonds. The van der Waals surface area contributed by atoms with E-state index in [4.69, 9.17) is 4.74 Å². The number of rotatable bonds is 3. The Kier molecular flexibility index (Phi) is 4.38. The molecule has 0 aliphatic rings. The first kappa shape index (κ1) is 14.8. The first-order valence-electron chi connectivity index (χ1n) is 6.37. The molecule has 1 N–H and O–H groups in total. The summed E-state index contributed by atoms with van der Waals surface area (Å²) in [7, 11) is 1.30. The molecule has 0 aliphatic carbocycles. The van der Waals surface area contributed by atoms with Crippen molar-refractivity contribution in [1.82, 2.24) is 0 Å². The minimum Gasteiger partial charge on any atom is -0.508 e. The largest absolute Gasteiger partial charge is 0.508 e. The number of esters is 1. The van der Waals surface area contributed by atoms with Crippen molar-refractivity contribution in [3.8, 4) is 5.75 Å². The average Bonchev–Trinajstić information content (AvgIpc) is 2.48. The summed E-state index contributed by atoms with van der Waals surface area (Å²) in [6, 6.07) is 10.8. The Morgan fingerprint density at radius 2 is 1.86 bits per heavy atom. The van der Waals surface area contributed by atoms with Crippen LogP contribution in [0.5, 0.6) is 5.75 Å². The summed E-state index contributed by atoms with van der Waals surface area (Å²) in [5, 5.41) is 9.31. The van der Waals surface area contributed by atoms with Gasteiger partial charge in [0.1, 0.15) is 11.6 Å². The number of phenols is 1. The van der Waals surface area contributed by atoms with Crippen LogP contribution in [-0.2, 0) is 9.53 Å². The second-order valence-corrected chi connectivity index (χ2v) is 4.61. The maximum atomic E-state index is 13.3. The molecule has 0 unspecified atom stereocenters. The SMILES string of the molecule is COC(=O)/C(=C\c1ccc(F)c(C)c1)c1ccc(O)cc1. The summed E-state index contributed by atoms with van der Waals surface area (Å²) < 4.78 is 18.1. The molecule has 3 nitrogen and oxygen atoms in total. The van der Waals surface area contributed by atoms with Crippen molar-refractivity contribution in [2.75, 3.05) is 7.11 Å². The van der Waals surface area contributed by atoms with Gasteiger partial charge in [-0.05, 0) is 54.0 Å². The Balaban J connectivity index is 2.49. The topological polar surface area (TPSA) is 46.5 Å². The third-order valence-electron chi connectivity index (χ3n) is 3.08. The fourth-order valence-corrected chi connectivity index (χ4v) is 1.94. The normalized spacial score (nSPS) is 11.3. The summed E-state index contributed by atoms with van der Waals surface area (Å²) in [5.74, 6) is -0.681. The zero-order valence-corrected chi connectivity index (χ0v) is 11.8. The molecule has 2 aromatic rings. The van der Waals surface area contributed by atoms with Gasteiger partial charge in [-0.15, -0.1) is 0 Å². The Labute approximate surface area is 122 Å². The maximum Gasteiger partial charge on any atom is 0.338 e. The van der Waals surface area contributed by atoms with Crippen LogP contribution in [0.4, 0.5) is 4.39 Å². The molecule has 0 aromatic heterocycles. The second-order valence-electron chi connectivity index (χ2n) is 4.61. The van der Waals surface area contributed by atoms with Crippen LogP contribution in [0, 0.1) is 12.7 Å². The predicted molar refractivity (Wildman–Crippen MR) is 79.1 cm³/mol. The van der Waals surface area contributed by atoms with E-state index in [0.29, 0.717) is 22.3 Å². The monoisotopic (exact) mass is 286 g/mol. The van der Waals surface area contributed by atoms with Crippen LogP contribution in [0.3, 0.4) is 0 Å². The van der Waals surface area contributed by atoms with Crippen LogP contribution in [0.25, 0.3) is 11.6 Å². The highest BCUT2D eigenvalue weighted by molar-refractivity contribution is 6.21. The zero-order valence-electron chi connectivity index (χ0n) is 11.8. The summed E-state index contributed by atoms with van der Waals surface area (Å²) in [5.41, 5.74) is 2.14. The molecule has 21 heavy (non-hydrogen) atoms. The van der Waals surface area contributed by atoms with Crippen molar-refractivity contribution in [2.45, 2.75) is 6.92 Å². The third kappa shape index (κ3) is 3.48. The van der Waals surface area contributed by atoms with Gasteiger partial charge in [-0.2, -0.15) is 0 Å². The summed E-state index contributed by atoms with van der Waals surface area (Å²) in [6.07, 6.45) is 1.63. The Morgan fingerprint density at radius 1 is 1.19 bits per heavy atom. The van der Waals surface area contributed by atoms with Crippen molar-refractivity contribution < 1.29 is 19.0 Å². The van der Waals surface area contributed by atoms with Gasteiger partial charge in [0.25, 0.3) is 0 Å². The van der Waals surface area contributed by atoms with E-state index in [1.807, 2.05) is 0 Å². The van der Waals surface area contributed by atoms with Gasteiger partial charge in [0.2, 0.25) is 0 Å². The lowest BCUT2D eigenvalue weighted by Gasteiger charge is -2.07. The van der Waals surface area contributed by atoms with Crippen molar-refractivity contribution in [1.29, 1.82) is 0 Å². The molecule has 0 aliphatic heterocycles. The van der Waals surface area contributed by atoms with E-state index < -0.39 is 5.97 Å². The lowest BCUT2D eigenvalue weighted by Crippen LogP contribution is -2.03. The Hall–Kier alpha value is -2.62. The molecule has 108 valence electrons. The first-order chi connectivity index (χ1) is 10.0. The predicted octanol–water partition coefficient (Wildman–Crippen LogP) is 3.55. The summed E-state index contributed by atoms with van der Waals surface area (Å²) in [6.45, 7) is 1.66. The molecule has 0 heterocycles. The van der Waals surface area contributed by atoms with Crippen molar-refractivity contribution in [3.63, 3.8) is 0 Å². The fraction of sp³-hybridized carbons (Fsp3) is 0.118. The number of halogens is 1. The van der Waals surface area contributed by atoms with Gasteiger partial charge in [-0.3, -0.25) is 0 Å². The number of hydrogen-bond donors (Lipinski definition) is 1. The van der Waals surface area contributed by atoms with Crippen molar-refractivity contribution in [2.24, 2.45) is 0 Å². The van der Waals surface area contributed by atoms with E-state index >= 15 is 0 Å². The van der Waals surface area contributed by atoms with Gasteiger partial charge in [-0.1, -0.05) is 18.2 Å². The van der Waals surface area contributed by atoms with Gasteiger partial charge < -0.3 is 9.84 Å². The smallest absolute Gasteiger partial charge is 0.338 e. The van der Waals surface area contributed by atoms with Crippen molar-refractivity contribution in [3.05, 3.63) is 65.0 Å². The number of aromatic hydroxyl groups is 1. The van der Waals surface area contributed by atoms with Crippen LogP contribution in [0.15, 0.2) is 42.5 Å². The van der Waals surface area contributed by atoms with Gasteiger partial charge in [0.05, 0.1) is 12.7 Å². The molecule has 0 bridgehead atoms. The Morgan fingerprint density at radius 3 is 2.43 bits per heavy atom.